The average molecular weight is 419 g/mol. The van der Waals surface area contributed by atoms with Gasteiger partial charge in [0.1, 0.15) is 18.0 Å². The Morgan fingerprint density at radius 2 is 1.88 bits per heavy atom. The van der Waals surface area contributed by atoms with Crippen LogP contribution in [0.1, 0.15) is 5.69 Å². The van der Waals surface area contributed by atoms with Gasteiger partial charge in [-0.2, -0.15) is 0 Å². The molecule has 0 spiro atoms. The standard InChI is InChI=1S/C16H12BrFN6O2/c1-9-3-2-4-13(21-9)23-16-14(24(25)26)15(19-8-20-16)22-12-6-5-10(17)7-11(12)18/h2-8H,1H3,(H2,19,20,21,22,23). The smallest absolute Gasteiger partial charge is 0.332 e. The lowest BCUT2D eigenvalue weighted by atomic mass is 10.3. The van der Waals surface area contributed by atoms with Gasteiger partial charge in [0.2, 0.25) is 11.6 Å². The largest absolute Gasteiger partial charge is 0.353 e. The zero-order chi connectivity index (χ0) is 18.7. The van der Waals surface area contributed by atoms with E-state index < -0.39 is 16.4 Å². The number of halogens is 2. The molecule has 2 N–H and O–H groups in total. The third-order valence-corrected chi connectivity index (χ3v) is 3.82. The highest BCUT2D eigenvalue weighted by Gasteiger charge is 2.24. The van der Waals surface area contributed by atoms with E-state index in [4.69, 9.17) is 0 Å². The molecular weight excluding hydrogens is 407 g/mol. The molecule has 0 aliphatic carbocycles. The molecule has 0 amide bonds. The topological polar surface area (TPSA) is 106 Å². The van der Waals surface area contributed by atoms with Crippen LogP contribution in [0.5, 0.6) is 0 Å². The highest BCUT2D eigenvalue weighted by molar-refractivity contribution is 9.10. The van der Waals surface area contributed by atoms with E-state index in [2.05, 4.69) is 41.5 Å². The van der Waals surface area contributed by atoms with Gasteiger partial charge < -0.3 is 10.6 Å². The first kappa shape index (κ1) is 17.7. The first-order valence-electron chi connectivity index (χ1n) is 7.36. The second-order valence-corrected chi connectivity index (χ2v) is 6.13. The summed E-state index contributed by atoms with van der Waals surface area (Å²) in [4.78, 5) is 22.9. The molecule has 0 saturated heterocycles. The number of anilines is 4. The van der Waals surface area contributed by atoms with Crippen molar-refractivity contribution >= 4 is 44.8 Å². The lowest BCUT2D eigenvalue weighted by Gasteiger charge is -2.10. The minimum absolute atomic E-state index is 0.0506. The van der Waals surface area contributed by atoms with Crippen molar-refractivity contribution in [2.45, 2.75) is 6.92 Å². The van der Waals surface area contributed by atoms with Crippen molar-refractivity contribution in [1.29, 1.82) is 0 Å². The summed E-state index contributed by atoms with van der Waals surface area (Å²) in [6, 6.07) is 9.50. The third-order valence-electron chi connectivity index (χ3n) is 3.32. The van der Waals surface area contributed by atoms with E-state index in [1.807, 2.05) is 0 Å². The molecule has 0 aliphatic rings. The first-order valence-corrected chi connectivity index (χ1v) is 8.15. The predicted molar refractivity (Wildman–Crippen MR) is 98.3 cm³/mol. The Bertz CT molecular complexity index is 985. The first-order chi connectivity index (χ1) is 12.4. The Labute approximate surface area is 155 Å². The molecule has 2 aromatic heterocycles. The van der Waals surface area contributed by atoms with Gasteiger partial charge in [0.05, 0.1) is 10.6 Å². The van der Waals surface area contributed by atoms with Crippen LogP contribution in [-0.2, 0) is 0 Å². The average Bonchev–Trinajstić information content (AvgIpc) is 2.57. The number of hydrogen-bond acceptors (Lipinski definition) is 7. The van der Waals surface area contributed by atoms with Crippen LogP contribution in [0, 0.1) is 22.9 Å². The molecular formula is C16H12BrFN6O2. The van der Waals surface area contributed by atoms with Gasteiger partial charge in [-0.3, -0.25) is 10.1 Å². The van der Waals surface area contributed by atoms with Crippen LogP contribution < -0.4 is 10.6 Å². The molecule has 0 aliphatic heterocycles. The van der Waals surface area contributed by atoms with E-state index in [-0.39, 0.29) is 17.3 Å². The lowest BCUT2D eigenvalue weighted by molar-refractivity contribution is -0.383. The van der Waals surface area contributed by atoms with Crippen LogP contribution in [0.15, 0.2) is 47.2 Å². The highest BCUT2D eigenvalue weighted by Crippen LogP contribution is 2.33. The van der Waals surface area contributed by atoms with Crippen molar-refractivity contribution in [3.05, 3.63) is 68.8 Å². The highest BCUT2D eigenvalue weighted by atomic mass is 79.9. The zero-order valence-corrected chi connectivity index (χ0v) is 15.0. The minimum Gasteiger partial charge on any atom is -0.332 e. The lowest BCUT2D eigenvalue weighted by Crippen LogP contribution is -2.07. The molecule has 0 bridgehead atoms. The molecule has 26 heavy (non-hydrogen) atoms. The maximum Gasteiger partial charge on any atom is 0.353 e. The normalized spacial score (nSPS) is 10.4. The Balaban J connectivity index is 1.99. The van der Waals surface area contributed by atoms with Crippen LogP contribution in [0.4, 0.5) is 33.2 Å². The molecule has 132 valence electrons. The number of nitrogens with zero attached hydrogens (tertiary/aromatic N) is 4. The number of nitrogens with one attached hydrogen (secondary N) is 2. The van der Waals surface area contributed by atoms with Crippen LogP contribution in [0.3, 0.4) is 0 Å². The second kappa shape index (κ2) is 7.40. The van der Waals surface area contributed by atoms with E-state index in [1.165, 1.54) is 12.1 Å². The van der Waals surface area contributed by atoms with E-state index in [0.717, 1.165) is 12.0 Å². The van der Waals surface area contributed by atoms with Gasteiger partial charge in [-0.25, -0.2) is 19.3 Å². The van der Waals surface area contributed by atoms with Crippen molar-refractivity contribution in [2.24, 2.45) is 0 Å². The Hall–Kier alpha value is -3.14. The molecule has 3 rings (SSSR count). The van der Waals surface area contributed by atoms with Gasteiger partial charge in [0.25, 0.3) is 0 Å². The summed E-state index contributed by atoms with van der Waals surface area (Å²) >= 11 is 3.16. The summed E-state index contributed by atoms with van der Waals surface area (Å²) in [5, 5.41) is 17.0. The fourth-order valence-corrected chi connectivity index (χ4v) is 2.52. The Kier molecular flexibility index (Phi) is 5.03. The molecule has 3 aromatic rings. The van der Waals surface area contributed by atoms with Crippen molar-refractivity contribution in [3.63, 3.8) is 0 Å². The van der Waals surface area contributed by atoms with Crippen LogP contribution in [0.2, 0.25) is 0 Å². The second-order valence-electron chi connectivity index (χ2n) is 5.21. The van der Waals surface area contributed by atoms with Crippen molar-refractivity contribution < 1.29 is 9.31 Å². The van der Waals surface area contributed by atoms with E-state index in [0.29, 0.717) is 10.3 Å². The van der Waals surface area contributed by atoms with Crippen molar-refractivity contribution in [2.75, 3.05) is 10.6 Å². The number of nitro groups is 1. The van der Waals surface area contributed by atoms with Gasteiger partial charge in [-0.05, 0) is 37.3 Å². The SMILES string of the molecule is Cc1cccc(Nc2ncnc(Nc3ccc(Br)cc3F)c2[N+](=O)[O-])n1. The molecule has 0 saturated carbocycles. The summed E-state index contributed by atoms with van der Waals surface area (Å²) in [6.07, 6.45) is 1.14. The molecule has 1 aromatic carbocycles. The van der Waals surface area contributed by atoms with Crippen LogP contribution >= 0.6 is 15.9 Å². The number of aryl methyl sites for hydroxylation is 1. The quantitative estimate of drug-likeness (QED) is 0.464. The van der Waals surface area contributed by atoms with Crippen LogP contribution in [0.25, 0.3) is 0 Å². The van der Waals surface area contributed by atoms with Gasteiger partial charge >= 0.3 is 5.69 Å². The molecule has 0 fully saturated rings. The maximum absolute atomic E-state index is 14.0. The Morgan fingerprint density at radius 3 is 2.54 bits per heavy atom. The molecule has 0 radical (unpaired) electrons. The summed E-state index contributed by atoms with van der Waals surface area (Å²) in [5.41, 5.74) is 0.370. The molecule has 10 heteroatoms. The number of rotatable bonds is 5. The van der Waals surface area contributed by atoms with Crippen molar-refractivity contribution in [3.8, 4) is 0 Å². The molecule has 2 heterocycles. The number of benzene rings is 1. The summed E-state index contributed by atoms with van der Waals surface area (Å²) < 4.78 is 14.6. The predicted octanol–water partition coefficient (Wildman–Crippen LogP) is 4.48. The fraction of sp³-hybridized carbons (Fsp3) is 0.0625. The number of pyridine rings is 1. The van der Waals surface area contributed by atoms with Gasteiger partial charge in [-0.1, -0.05) is 22.0 Å². The van der Waals surface area contributed by atoms with Gasteiger partial charge in [-0.15, -0.1) is 0 Å². The molecule has 0 unspecified atom stereocenters. The number of aromatic nitrogens is 3. The van der Waals surface area contributed by atoms with E-state index >= 15 is 0 Å². The minimum atomic E-state index is -0.642. The third kappa shape index (κ3) is 3.91. The molecule has 8 nitrogen and oxygen atoms in total. The summed E-state index contributed by atoms with van der Waals surface area (Å²) in [7, 11) is 0. The summed E-state index contributed by atoms with van der Waals surface area (Å²) in [5.74, 6) is -0.376. The number of hydrogen-bond donors (Lipinski definition) is 2. The summed E-state index contributed by atoms with van der Waals surface area (Å²) in [6.45, 7) is 1.79. The molecule has 0 atom stereocenters. The maximum atomic E-state index is 14.0. The van der Waals surface area contributed by atoms with E-state index in [1.54, 1.807) is 31.2 Å². The zero-order valence-electron chi connectivity index (χ0n) is 13.4. The monoisotopic (exact) mass is 418 g/mol. The van der Waals surface area contributed by atoms with Crippen LogP contribution in [-0.4, -0.2) is 19.9 Å². The van der Waals surface area contributed by atoms with Crippen molar-refractivity contribution in [1.82, 2.24) is 15.0 Å². The Morgan fingerprint density at radius 1 is 1.15 bits per heavy atom. The van der Waals surface area contributed by atoms with Gasteiger partial charge in [0.15, 0.2) is 0 Å². The fourth-order valence-electron chi connectivity index (χ4n) is 2.19. The van der Waals surface area contributed by atoms with Gasteiger partial charge in [0, 0.05) is 10.2 Å². The van der Waals surface area contributed by atoms with E-state index in [9.17, 15) is 14.5 Å².